The highest BCUT2D eigenvalue weighted by Gasteiger charge is 2.71. The van der Waals surface area contributed by atoms with Crippen LogP contribution < -0.4 is 5.32 Å². The molecule has 2 heterocycles. The molecule has 2 aliphatic rings. The fraction of sp³-hybridized carbons (Fsp3) is 0.400. The average molecular weight is 471 g/mol. The van der Waals surface area contributed by atoms with Crippen LogP contribution >= 0.6 is 10.0 Å². The highest BCUT2D eigenvalue weighted by atomic mass is 32.3. The predicted octanol–water partition coefficient (Wildman–Crippen LogP) is 3.67. The van der Waals surface area contributed by atoms with Crippen LogP contribution in [0.3, 0.4) is 0 Å². The van der Waals surface area contributed by atoms with E-state index in [0.29, 0.717) is 0 Å². The van der Waals surface area contributed by atoms with Crippen molar-refractivity contribution >= 4 is 27.1 Å². The van der Waals surface area contributed by atoms with Crippen LogP contribution in [-0.4, -0.2) is 49.2 Å². The van der Waals surface area contributed by atoms with E-state index in [1.54, 1.807) is 13.8 Å². The average Bonchev–Trinajstić information content (AvgIpc) is 2.98. The Kier molecular flexibility index (Phi) is 6.24. The topological polar surface area (TPSA) is 95.9 Å². The first-order valence-electron chi connectivity index (χ1n) is 11.0. The molecule has 0 unspecified atom stereocenters. The Labute approximate surface area is 195 Å². The summed E-state index contributed by atoms with van der Waals surface area (Å²) < 4.78 is 4.62. The van der Waals surface area contributed by atoms with Crippen LogP contribution in [0.1, 0.15) is 44.4 Å². The molecule has 176 valence electrons. The Bertz CT molecular complexity index is 1050. The van der Waals surface area contributed by atoms with Crippen LogP contribution in [0.15, 0.2) is 60.7 Å². The molecule has 0 aliphatic carbocycles. The molecule has 33 heavy (non-hydrogen) atoms. The lowest BCUT2D eigenvalue weighted by molar-refractivity contribution is -0.162. The normalized spacial score (nSPS) is 26.2. The van der Waals surface area contributed by atoms with Crippen molar-refractivity contribution in [2.45, 2.75) is 56.0 Å². The minimum atomic E-state index is -2.50. The summed E-state index contributed by atoms with van der Waals surface area (Å²) in [5, 5.41) is 12.9. The number of amides is 2. The second-order valence-electron chi connectivity index (χ2n) is 9.05. The second-order valence-corrected chi connectivity index (χ2v) is 12.9. The highest BCUT2D eigenvalue weighted by Crippen LogP contribution is 2.73. The first kappa shape index (κ1) is 23.3. The van der Waals surface area contributed by atoms with Gasteiger partial charge in [-0.2, -0.15) is 0 Å². The molecule has 8 heteroatoms. The largest absolute Gasteiger partial charge is 0.459 e. The Morgan fingerprint density at radius 3 is 2.33 bits per heavy atom. The van der Waals surface area contributed by atoms with E-state index in [1.165, 1.54) is 4.90 Å². The number of carbonyl (C=O) groups is 3. The third-order valence-corrected chi connectivity index (χ3v) is 11.5. The zero-order valence-corrected chi connectivity index (χ0v) is 19.9. The van der Waals surface area contributed by atoms with E-state index in [0.717, 1.165) is 11.1 Å². The molecule has 2 aromatic carbocycles. The van der Waals surface area contributed by atoms with E-state index in [4.69, 9.17) is 4.74 Å². The smallest absolute Gasteiger partial charge is 0.330 e. The van der Waals surface area contributed by atoms with E-state index in [-0.39, 0.29) is 30.2 Å². The molecule has 4 atom stereocenters. The van der Waals surface area contributed by atoms with Gasteiger partial charge in [-0.25, -0.2) is 4.79 Å². The number of esters is 1. The molecular formula is C25H30N2O5S. The molecule has 2 N–H and O–H groups in total. The van der Waals surface area contributed by atoms with E-state index >= 15 is 0 Å². The summed E-state index contributed by atoms with van der Waals surface area (Å²) in [6.07, 6.45) is 0.148. The number of aliphatic hydroxyl groups is 1. The lowest BCUT2D eigenvalue weighted by atomic mass is 9.98. The number of fused-ring (bicyclic) bond motifs is 1. The van der Waals surface area contributed by atoms with Gasteiger partial charge in [0.25, 0.3) is 5.24 Å². The van der Waals surface area contributed by atoms with Gasteiger partial charge in [-0.1, -0.05) is 60.7 Å². The van der Waals surface area contributed by atoms with Crippen LogP contribution in [0.4, 0.5) is 4.79 Å². The molecule has 0 spiro atoms. The molecular weight excluding hydrogens is 440 g/mol. The van der Waals surface area contributed by atoms with Crippen LogP contribution in [-0.2, 0) is 20.9 Å². The van der Waals surface area contributed by atoms with Gasteiger partial charge >= 0.3 is 5.97 Å². The molecule has 2 aromatic rings. The maximum absolute atomic E-state index is 13.7. The van der Waals surface area contributed by atoms with E-state index < -0.39 is 38.1 Å². The summed E-state index contributed by atoms with van der Waals surface area (Å²) in [5.41, 5.74) is 1.78. The zero-order chi connectivity index (χ0) is 23.8. The SMILES string of the molecule is C[C@@H](NC(=O)[S@]1(CO)[C@@H]2CC(=O)N2[C@@H](C(=O)OCc2ccccc2)C1(C)C)c1ccccc1. The second kappa shape index (κ2) is 8.83. The van der Waals surface area contributed by atoms with Crippen LogP contribution in [0, 0.1) is 0 Å². The molecule has 2 aliphatic heterocycles. The number of nitrogens with one attached hydrogen (secondary N) is 1. The zero-order valence-electron chi connectivity index (χ0n) is 19.1. The number of hydrogen-bond acceptors (Lipinski definition) is 5. The molecule has 0 saturated carbocycles. The van der Waals surface area contributed by atoms with Crippen LogP contribution in [0.2, 0.25) is 0 Å². The quantitative estimate of drug-likeness (QED) is 0.496. The number of carbonyl (C=O) groups excluding carboxylic acids is 3. The lowest BCUT2D eigenvalue weighted by Crippen LogP contribution is -2.57. The molecule has 7 nitrogen and oxygen atoms in total. The van der Waals surface area contributed by atoms with Crippen molar-refractivity contribution in [3.63, 3.8) is 0 Å². The third-order valence-electron chi connectivity index (χ3n) is 6.90. The van der Waals surface area contributed by atoms with Crippen molar-refractivity contribution in [2.24, 2.45) is 0 Å². The van der Waals surface area contributed by atoms with Gasteiger partial charge in [0.05, 0.1) is 23.8 Å². The molecule has 2 fully saturated rings. The maximum atomic E-state index is 13.7. The Balaban J connectivity index is 1.60. The molecule has 0 aromatic heterocycles. The van der Waals surface area contributed by atoms with Crippen molar-refractivity contribution in [1.82, 2.24) is 10.2 Å². The Morgan fingerprint density at radius 1 is 1.15 bits per heavy atom. The van der Waals surface area contributed by atoms with Crippen molar-refractivity contribution in [3.8, 4) is 0 Å². The number of hydrogen-bond donors (Lipinski definition) is 2. The number of rotatable bonds is 6. The Morgan fingerprint density at radius 2 is 1.76 bits per heavy atom. The van der Waals surface area contributed by atoms with Crippen LogP contribution in [0.25, 0.3) is 0 Å². The standard InChI is InChI=1S/C25H30N2O5S/c1-17(19-12-8-5-9-13-19)26-24(31)33(16-28)21-14-20(29)27(21)22(25(33,2)3)23(30)32-15-18-10-6-4-7-11-18/h4-13,17,21-22,28H,14-16H2,1-3H3,(H,26,31)/t17-,21-,22+/m1/s1. The van der Waals surface area contributed by atoms with Gasteiger partial charge in [0, 0.05) is 4.75 Å². The molecule has 0 bridgehead atoms. The van der Waals surface area contributed by atoms with Crippen molar-refractivity contribution in [2.75, 3.05) is 5.94 Å². The number of aliphatic hydroxyl groups excluding tert-OH is 1. The van der Waals surface area contributed by atoms with E-state index in [1.807, 2.05) is 67.6 Å². The summed E-state index contributed by atoms with van der Waals surface area (Å²) in [6, 6.07) is 17.7. The van der Waals surface area contributed by atoms with Crippen molar-refractivity contribution in [3.05, 3.63) is 71.8 Å². The van der Waals surface area contributed by atoms with Gasteiger partial charge in [-0.3, -0.25) is 9.59 Å². The molecule has 0 radical (unpaired) electrons. The summed E-state index contributed by atoms with van der Waals surface area (Å²) in [5.74, 6) is -1.14. The fourth-order valence-corrected chi connectivity index (χ4v) is 9.02. The summed E-state index contributed by atoms with van der Waals surface area (Å²) >= 11 is 0. The fourth-order valence-electron chi connectivity index (χ4n) is 4.92. The van der Waals surface area contributed by atoms with Gasteiger partial charge in [0.2, 0.25) is 5.91 Å². The highest BCUT2D eigenvalue weighted by molar-refractivity contribution is 8.46. The van der Waals surface area contributed by atoms with Gasteiger partial charge < -0.3 is 20.1 Å². The molecule has 4 rings (SSSR count). The van der Waals surface area contributed by atoms with Gasteiger partial charge in [0.1, 0.15) is 12.6 Å². The minimum absolute atomic E-state index is 0.0810. The first-order valence-corrected chi connectivity index (χ1v) is 12.9. The summed E-state index contributed by atoms with van der Waals surface area (Å²) in [7, 11) is -2.50. The van der Waals surface area contributed by atoms with Crippen molar-refractivity contribution in [1.29, 1.82) is 0 Å². The van der Waals surface area contributed by atoms with E-state index in [9.17, 15) is 19.5 Å². The van der Waals surface area contributed by atoms with Crippen LogP contribution in [0.5, 0.6) is 0 Å². The monoisotopic (exact) mass is 470 g/mol. The van der Waals surface area contributed by atoms with Gasteiger partial charge in [-0.15, -0.1) is 10.0 Å². The van der Waals surface area contributed by atoms with E-state index in [2.05, 4.69) is 5.32 Å². The molecule has 2 amide bonds. The predicted molar refractivity (Wildman–Crippen MR) is 127 cm³/mol. The number of benzene rings is 2. The van der Waals surface area contributed by atoms with Gasteiger partial charge in [0.15, 0.2) is 0 Å². The third kappa shape index (κ3) is 3.71. The minimum Gasteiger partial charge on any atom is -0.459 e. The maximum Gasteiger partial charge on any atom is 0.330 e. The first-order chi connectivity index (χ1) is 15.7. The molecule has 2 saturated heterocycles. The number of nitrogens with zero attached hydrogens (tertiary/aromatic N) is 1. The van der Waals surface area contributed by atoms with Crippen molar-refractivity contribution < 1.29 is 24.2 Å². The number of ether oxygens (including phenoxy) is 1. The Hall–Kier alpha value is -2.84. The summed E-state index contributed by atoms with van der Waals surface area (Å²) in [4.78, 5) is 41.0. The lowest BCUT2D eigenvalue weighted by Gasteiger charge is -2.49. The number of β-lactam (4-membered cyclic amide) rings is 1. The van der Waals surface area contributed by atoms with Gasteiger partial charge in [-0.05, 0) is 31.9 Å². The summed E-state index contributed by atoms with van der Waals surface area (Å²) in [6.45, 7) is 5.56.